The summed E-state index contributed by atoms with van der Waals surface area (Å²) in [6, 6.07) is 1.11. The maximum absolute atomic E-state index is 12.4. The monoisotopic (exact) mass is 248 g/mol. The molecular weight excluding hydrogens is 224 g/mol. The highest BCUT2D eigenvalue weighted by molar-refractivity contribution is 5.77. The van der Waals surface area contributed by atoms with E-state index in [0.717, 1.165) is 25.9 Å². The van der Waals surface area contributed by atoms with Gasteiger partial charge in [-0.05, 0) is 51.0 Å². The third kappa shape index (κ3) is 2.94. The predicted octanol–water partition coefficient (Wildman–Crippen LogP) is 2.09. The zero-order valence-corrected chi connectivity index (χ0v) is 11.1. The second-order valence-corrected chi connectivity index (χ2v) is 6.04. The Hall–Kier alpha value is -0.830. The van der Waals surface area contributed by atoms with Crippen LogP contribution in [0, 0.1) is 5.92 Å². The van der Waals surface area contributed by atoms with E-state index in [1.54, 1.807) is 0 Å². The quantitative estimate of drug-likeness (QED) is 0.756. The molecule has 1 heterocycles. The van der Waals surface area contributed by atoms with Crippen LogP contribution < -0.4 is 5.32 Å². The van der Waals surface area contributed by atoms with Crippen molar-refractivity contribution in [3.8, 4) is 0 Å². The van der Waals surface area contributed by atoms with Crippen LogP contribution in [0.1, 0.15) is 44.9 Å². The van der Waals surface area contributed by atoms with Gasteiger partial charge in [0.15, 0.2) is 0 Å². The van der Waals surface area contributed by atoms with Gasteiger partial charge < -0.3 is 10.2 Å². The lowest BCUT2D eigenvalue weighted by molar-refractivity contribution is -0.132. The highest BCUT2D eigenvalue weighted by Gasteiger charge is 2.34. The highest BCUT2D eigenvalue weighted by Crippen LogP contribution is 2.30. The first-order valence-corrected chi connectivity index (χ1v) is 7.52. The molecule has 18 heavy (non-hydrogen) atoms. The number of allylic oxidation sites excluding steroid dienone is 2. The standard InChI is InChI=1S/C15H24N2O/c18-15(10-12-4-1-2-5-12)17(14-7-8-14)11-13-6-3-9-16-13/h1,4,12-14,16H,2-3,5-11H2. The lowest BCUT2D eigenvalue weighted by Crippen LogP contribution is -2.42. The first-order valence-electron chi connectivity index (χ1n) is 7.52. The summed E-state index contributed by atoms with van der Waals surface area (Å²) >= 11 is 0. The van der Waals surface area contributed by atoms with Crippen LogP contribution in [-0.4, -0.2) is 36.0 Å². The highest BCUT2D eigenvalue weighted by atomic mass is 16.2. The molecule has 0 spiro atoms. The van der Waals surface area contributed by atoms with Gasteiger partial charge in [-0.1, -0.05) is 12.2 Å². The summed E-state index contributed by atoms with van der Waals surface area (Å²) < 4.78 is 0. The van der Waals surface area contributed by atoms with Crippen LogP contribution in [0.15, 0.2) is 12.2 Å². The summed E-state index contributed by atoms with van der Waals surface area (Å²) in [4.78, 5) is 14.6. The Labute approximate surface area is 110 Å². The van der Waals surface area contributed by atoms with Crippen molar-refractivity contribution in [2.45, 2.75) is 57.0 Å². The van der Waals surface area contributed by atoms with Crippen molar-refractivity contribution in [3.63, 3.8) is 0 Å². The normalized spacial score (nSPS) is 30.9. The summed E-state index contributed by atoms with van der Waals surface area (Å²) in [5.41, 5.74) is 0. The molecule has 1 aliphatic heterocycles. The van der Waals surface area contributed by atoms with Crippen LogP contribution in [0.2, 0.25) is 0 Å². The van der Waals surface area contributed by atoms with Gasteiger partial charge in [0.05, 0.1) is 0 Å². The van der Waals surface area contributed by atoms with Gasteiger partial charge in [-0.3, -0.25) is 4.79 Å². The van der Waals surface area contributed by atoms with Crippen molar-refractivity contribution < 1.29 is 4.79 Å². The molecule has 1 saturated heterocycles. The fraction of sp³-hybridized carbons (Fsp3) is 0.800. The lowest BCUT2D eigenvalue weighted by Gasteiger charge is -2.27. The third-order valence-corrected chi connectivity index (χ3v) is 4.44. The van der Waals surface area contributed by atoms with Crippen molar-refractivity contribution in [3.05, 3.63) is 12.2 Å². The van der Waals surface area contributed by atoms with E-state index < -0.39 is 0 Å². The second-order valence-electron chi connectivity index (χ2n) is 6.04. The number of rotatable bonds is 5. The Morgan fingerprint density at radius 3 is 2.78 bits per heavy atom. The number of hydrogen-bond acceptors (Lipinski definition) is 2. The molecule has 3 heteroatoms. The Bertz CT molecular complexity index is 329. The van der Waals surface area contributed by atoms with Crippen LogP contribution >= 0.6 is 0 Å². The van der Waals surface area contributed by atoms with Gasteiger partial charge in [-0.15, -0.1) is 0 Å². The smallest absolute Gasteiger partial charge is 0.223 e. The Balaban J connectivity index is 1.54. The first-order chi connectivity index (χ1) is 8.83. The largest absolute Gasteiger partial charge is 0.338 e. The fourth-order valence-electron chi connectivity index (χ4n) is 3.20. The number of hydrogen-bond donors (Lipinski definition) is 1. The van der Waals surface area contributed by atoms with Gasteiger partial charge in [0.25, 0.3) is 0 Å². The molecule has 2 unspecified atom stereocenters. The van der Waals surface area contributed by atoms with Gasteiger partial charge in [0.2, 0.25) is 5.91 Å². The van der Waals surface area contributed by atoms with Crippen LogP contribution in [-0.2, 0) is 4.79 Å². The molecule has 3 nitrogen and oxygen atoms in total. The van der Waals surface area contributed by atoms with E-state index in [4.69, 9.17) is 0 Å². The van der Waals surface area contributed by atoms with Gasteiger partial charge in [-0.25, -0.2) is 0 Å². The second kappa shape index (κ2) is 5.43. The van der Waals surface area contributed by atoms with E-state index in [2.05, 4.69) is 22.4 Å². The molecule has 3 aliphatic rings. The van der Waals surface area contributed by atoms with Crippen molar-refractivity contribution in [1.29, 1.82) is 0 Å². The van der Waals surface area contributed by atoms with Crippen LogP contribution in [0.5, 0.6) is 0 Å². The van der Waals surface area contributed by atoms with Crippen molar-refractivity contribution >= 4 is 5.91 Å². The van der Waals surface area contributed by atoms with E-state index in [-0.39, 0.29) is 0 Å². The summed E-state index contributed by atoms with van der Waals surface area (Å²) in [6.45, 7) is 2.07. The number of amides is 1. The Kier molecular flexibility index (Phi) is 3.69. The van der Waals surface area contributed by atoms with Crippen molar-refractivity contribution in [2.24, 2.45) is 5.92 Å². The number of carbonyl (C=O) groups excluding carboxylic acids is 1. The van der Waals surface area contributed by atoms with Crippen LogP contribution in [0.25, 0.3) is 0 Å². The molecule has 0 aromatic rings. The molecule has 0 bridgehead atoms. The number of nitrogens with one attached hydrogen (secondary N) is 1. The molecule has 1 saturated carbocycles. The average molecular weight is 248 g/mol. The summed E-state index contributed by atoms with van der Waals surface area (Å²) in [6.07, 6.45) is 12.5. The molecule has 3 rings (SSSR count). The molecule has 1 N–H and O–H groups in total. The van der Waals surface area contributed by atoms with E-state index in [0.29, 0.717) is 23.9 Å². The van der Waals surface area contributed by atoms with Crippen molar-refractivity contribution in [2.75, 3.05) is 13.1 Å². The minimum absolute atomic E-state index is 0.391. The molecule has 0 radical (unpaired) electrons. The zero-order valence-electron chi connectivity index (χ0n) is 11.1. The molecule has 2 atom stereocenters. The van der Waals surface area contributed by atoms with E-state index in [9.17, 15) is 4.79 Å². The molecule has 1 amide bonds. The SMILES string of the molecule is O=C(CC1C=CCC1)N(CC1CCCN1)C1CC1. The third-order valence-electron chi connectivity index (χ3n) is 4.44. The molecule has 100 valence electrons. The van der Waals surface area contributed by atoms with E-state index in [1.807, 2.05) is 0 Å². The van der Waals surface area contributed by atoms with E-state index in [1.165, 1.54) is 32.1 Å². The summed E-state index contributed by atoms with van der Waals surface area (Å²) in [5.74, 6) is 0.901. The summed E-state index contributed by atoms with van der Waals surface area (Å²) in [5, 5.41) is 3.51. The lowest BCUT2D eigenvalue weighted by atomic mass is 10.0. The van der Waals surface area contributed by atoms with Gasteiger partial charge in [0, 0.05) is 25.0 Å². The number of nitrogens with zero attached hydrogens (tertiary/aromatic N) is 1. The molecule has 2 aliphatic carbocycles. The Morgan fingerprint density at radius 2 is 2.17 bits per heavy atom. The van der Waals surface area contributed by atoms with Crippen LogP contribution in [0.3, 0.4) is 0 Å². The maximum atomic E-state index is 12.4. The molecular formula is C15H24N2O. The first kappa shape index (κ1) is 12.2. The van der Waals surface area contributed by atoms with Gasteiger partial charge >= 0.3 is 0 Å². The number of carbonyl (C=O) groups is 1. The molecule has 0 aromatic heterocycles. The van der Waals surface area contributed by atoms with Gasteiger partial charge in [-0.2, -0.15) is 0 Å². The molecule has 2 fully saturated rings. The fourth-order valence-corrected chi connectivity index (χ4v) is 3.20. The zero-order chi connectivity index (χ0) is 12.4. The van der Waals surface area contributed by atoms with Gasteiger partial charge in [0.1, 0.15) is 0 Å². The van der Waals surface area contributed by atoms with Crippen molar-refractivity contribution in [1.82, 2.24) is 10.2 Å². The minimum atomic E-state index is 0.391. The average Bonchev–Trinajstić information content (AvgIpc) is 2.87. The van der Waals surface area contributed by atoms with E-state index >= 15 is 0 Å². The molecule has 0 aromatic carbocycles. The predicted molar refractivity (Wildman–Crippen MR) is 72.2 cm³/mol. The van der Waals surface area contributed by atoms with Crippen LogP contribution in [0.4, 0.5) is 0 Å². The topological polar surface area (TPSA) is 32.3 Å². The Morgan fingerprint density at radius 1 is 1.28 bits per heavy atom. The minimum Gasteiger partial charge on any atom is -0.338 e. The maximum Gasteiger partial charge on any atom is 0.223 e. The summed E-state index contributed by atoms with van der Waals surface area (Å²) in [7, 11) is 0.